The molecule has 3 rings (SSSR count). The number of piperidine rings is 1. The number of anilines is 1. The Kier molecular flexibility index (Phi) is 4.90. The second kappa shape index (κ2) is 6.79. The van der Waals surface area contributed by atoms with Crippen molar-refractivity contribution in [2.75, 3.05) is 23.7 Å². The fourth-order valence-electron chi connectivity index (χ4n) is 3.65. The van der Waals surface area contributed by atoms with Crippen LogP contribution in [0.25, 0.3) is 0 Å². The molecule has 5 heteroatoms. The lowest BCUT2D eigenvalue weighted by atomic mass is 9.99. The summed E-state index contributed by atoms with van der Waals surface area (Å²) in [7, 11) is 0. The van der Waals surface area contributed by atoms with Gasteiger partial charge in [-0.25, -0.2) is 0 Å². The third kappa shape index (κ3) is 3.32. The summed E-state index contributed by atoms with van der Waals surface area (Å²) in [6.45, 7) is 7.70. The van der Waals surface area contributed by atoms with Crippen LogP contribution in [-0.4, -0.2) is 40.4 Å². The van der Waals surface area contributed by atoms with Crippen LogP contribution in [0, 0.1) is 12.8 Å². The van der Waals surface area contributed by atoms with Gasteiger partial charge in [-0.2, -0.15) is 0 Å². The molecule has 1 spiro atoms. The van der Waals surface area contributed by atoms with E-state index in [1.165, 1.54) is 0 Å². The van der Waals surface area contributed by atoms with Crippen molar-refractivity contribution in [3.8, 4) is 0 Å². The molecular formula is C19H26N2O2S. The fourth-order valence-corrected chi connectivity index (χ4v) is 4.98. The molecule has 0 saturated carbocycles. The number of thioether (sulfide) groups is 1. The van der Waals surface area contributed by atoms with Crippen molar-refractivity contribution in [2.45, 2.75) is 44.9 Å². The summed E-state index contributed by atoms with van der Waals surface area (Å²) in [6.07, 6.45) is 2.31. The third-order valence-electron chi connectivity index (χ3n) is 4.86. The molecule has 0 bridgehead atoms. The lowest BCUT2D eigenvalue weighted by molar-refractivity contribution is -0.133. The Balaban J connectivity index is 1.76. The number of likely N-dealkylation sites (tertiary alicyclic amines) is 1. The number of carbonyl (C=O) groups excluding carboxylic acids is 2. The molecule has 2 heterocycles. The Morgan fingerprint density at radius 2 is 2.00 bits per heavy atom. The number of aryl methyl sites for hydroxylation is 1. The lowest BCUT2D eigenvalue weighted by Crippen LogP contribution is -2.53. The van der Waals surface area contributed by atoms with Gasteiger partial charge in [0.25, 0.3) is 0 Å². The van der Waals surface area contributed by atoms with Gasteiger partial charge >= 0.3 is 0 Å². The molecule has 0 aliphatic carbocycles. The van der Waals surface area contributed by atoms with Crippen molar-refractivity contribution in [2.24, 2.45) is 5.92 Å². The SMILES string of the molecule is Cc1cccc(N2C(=O)CSC23CCN(C(=O)CC(C)C)CC3)c1. The molecule has 0 radical (unpaired) electrons. The van der Waals surface area contributed by atoms with Crippen LogP contribution in [0.2, 0.25) is 0 Å². The smallest absolute Gasteiger partial charge is 0.238 e. The van der Waals surface area contributed by atoms with E-state index in [0.29, 0.717) is 18.1 Å². The molecule has 0 atom stereocenters. The van der Waals surface area contributed by atoms with Crippen LogP contribution >= 0.6 is 11.8 Å². The van der Waals surface area contributed by atoms with Crippen molar-refractivity contribution in [3.63, 3.8) is 0 Å². The Morgan fingerprint density at radius 1 is 1.29 bits per heavy atom. The Morgan fingerprint density at radius 3 is 2.62 bits per heavy atom. The quantitative estimate of drug-likeness (QED) is 0.842. The van der Waals surface area contributed by atoms with Gasteiger partial charge in [-0.1, -0.05) is 26.0 Å². The summed E-state index contributed by atoms with van der Waals surface area (Å²) in [5.41, 5.74) is 2.16. The molecule has 2 saturated heterocycles. The van der Waals surface area contributed by atoms with Gasteiger partial charge in [0.05, 0.1) is 10.6 Å². The second-order valence-corrected chi connectivity index (χ2v) is 8.62. The minimum absolute atomic E-state index is 0.181. The first-order chi connectivity index (χ1) is 11.4. The molecule has 2 aliphatic heterocycles. The lowest BCUT2D eigenvalue weighted by Gasteiger charge is -2.44. The van der Waals surface area contributed by atoms with Crippen LogP contribution in [0.5, 0.6) is 0 Å². The minimum atomic E-state index is -0.181. The summed E-state index contributed by atoms with van der Waals surface area (Å²) < 4.78 is 0. The number of hydrogen-bond donors (Lipinski definition) is 0. The highest BCUT2D eigenvalue weighted by molar-refractivity contribution is 8.02. The molecule has 0 aromatic heterocycles. The first kappa shape index (κ1) is 17.3. The van der Waals surface area contributed by atoms with Gasteiger partial charge in [-0.3, -0.25) is 14.5 Å². The monoisotopic (exact) mass is 346 g/mol. The summed E-state index contributed by atoms with van der Waals surface area (Å²) in [6, 6.07) is 8.17. The third-order valence-corrected chi connectivity index (χ3v) is 6.38. The molecule has 24 heavy (non-hydrogen) atoms. The number of benzene rings is 1. The van der Waals surface area contributed by atoms with E-state index in [4.69, 9.17) is 0 Å². The molecule has 1 aromatic rings. The van der Waals surface area contributed by atoms with E-state index in [-0.39, 0.29) is 16.7 Å². The molecule has 130 valence electrons. The molecular weight excluding hydrogens is 320 g/mol. The van der Waals surface area contributed by atoms with Gasteiger partial charge in [0.2, 0.25) is 11.8 Å². The number of carbonyl (C=O) groups is 2. The predicted octanol–water partition coefficient (Wildman–Crippen LogP) is 3.44. The van der Waals surface area contributed by atoms with Crippen LogP contribution in [-0.2, 0) is 9.59 Å². The number of hydrogen-bond acceptors (Lipinski definition) is 3. The maximum absolute atomic E-state index is 12.5. The Labute approximate surface area is 148 Å². The maximum Gasteiger partial charge on any atom is 0.238 e. The highest BCUT2D eigenvalue weighted by Gasteiger charge is 2.49. The Hall–Kier alpha value is -1.49. The predicted molar refractivity (Wildman–Crippen MR) is 99.1 cm³/mol. The molecule has 2 aliphatic rings. The van der Waals surface area contributed by atoms with Crippen molar-refractivity contribution in [1.82, 2.24) is 4.90 Å². The summed E-state index contributed by atoms with van der Waals surface area (Å²) in [5, 5.41) is 0. The average Bonchev–Trinajstić information content (AvgIpc) is 2.83. The van der Waals surface area contributed by atoms with E-state index in [1.54, 1.807) is 11.8 Å². The van der Waals surface area contributed by atoms with Crippen LogP contribution < -0.4 is 4.90 Å². The number of nitrogens with zero attached hydrogens (tertiary/aromatic N) is 2. The van der Waals surface area contributed by atoms with E-state index in [9.17, 15) is 9.59 Å². The first-order valence-electron chi connectivity index (χ1n) is 8.73. The Bertz CT molecular complexity index is 636. The average molecular weight is 346 g/mol. The molecule has 0 unspecified atom stereocenters. The van der Waals surface area contributed by atoms with Crippen LogP contribution in [0.1, 0.15) is 38.7 Å². The van der Waals surface area contributed by atoms with Gasteiger partial charge in [0.15, 0.2) is 0 Å². The summed E-state index contributed by atoms with van der Waals surface area (Å²) >= 11 is 1.75. The van der Waals surface area contributed by atoms with Crippen LogP contribution in [0.3, 0.4) is 0 Å². The zero-order chi connectivity index (χ0) is 17.3. The second-order valence-electron chi connectivity index (χ2n) is 7.28. The van der Waals surface area contributed by atoms with Crippen molar-refractivity contribution >= 4 is 29.3 Å². The van der Waals surface area contributed by atoms with Gasteiger partial charge in [-0.05, 0) is 43.4 Å². The van der Waals surface area contributed by atoms with E-state index < -0.39 is 0 Å². The van der Waals surface area contributed by atoms with E-state index >= 15 is 0 Å². The molecule has 2 amide bonds. The van der Waals surface area contributed by atoms with E-state index in [1.807, 2.05) is 21.9 Å². The van der Waals surface area contributed by atoms with Crippen molar-refractivity contribution in [1.29, 1.82) is 0 Å². The van der Waals surface area contributed by atoms with E-state index in [2.05, 4.69) is 32.9 Å². The minimum Gasteiger partial charge on any atom is -0.342 e. The fraction of sp³-hybridized carbons (Fsp3) is 0.579. The highest BCUT2D eigenvalue weighted by atomic mass is 32.2. The normalized spacial score (nSPS) is 20.2. The molecule has 2 fully saturated rings. The zero-order valence-electron chi connectivity index (χ0n) is 14.7. The van der Waals surface area contributed by atoms with Crippen LogP contribution in [0.15, 0.2) is 24.3 Å². The number of rotatable bonds is 3. The largest absolute Gasteiger partial charge is 0.342 e. The van der Waals surface area contributed by atoms with Crippen molar-refractivity contribution < 1.29 is 9.59 Å². The van der Waals surface area contributed by atoms with E-state index in [0.717, 1.165) is 37.2 Å². The highest BCUT2D eigenvalue weighted by Crippen LogP contribution is 2.46. The maximum atomic E-state index is 12.5. The van der Waals surface area contributed by atoms with Gasteiger partial charge in [0.1, 0.15) is 0 Å². The van der Waals surface area contributed by atoms with Gasteiger partial charge in [-0.15, -0.1) is 11.8 Å². The molecule has 0 N–H and O–H groups in total. The van der Waals surface area contributed by atoms with Crippen LogP contribution in [0.4, 0.5) is 5.69 Å². The summed E-state index contributed by atoms with van der Waals surface area (Å²) in [5.74, 6) is 1.36. The van der Waals surface area contributed by atoms with Crippen molar-refractivity contribution in [3.05, 3.63) is 29.8 Å². The first-order valence-corrected chi connectivity index (χ1v) is 9.71. The number of amides is 2. The molecule has 1 aromatic carbocycles. The zero-order valence-corrected chi connectivity index (χ0v) is 15.6. The standard InChI is InChI=1S/C19H26N2O2S/c1-14(2)11-17(22)20-9-7-19(8-10-20)21(18(23)13-24-19)16-6-4-5-15(3)12-16/h4-6,12,14H,7-11,13H2,1-3H3. The summed E-state index contributed by atoms with van der Waals surface area (Å²) in [4.78, 5) is 28.6. The van der Waals surface area contributed by atoms with Gasteiger partial charge in [0, 0.05) is 25.2 Å². The topological polar surface area (TPSA) is 40.6 Å². The molecule has 4 nitrogen and oxygen atoms in total. The van der Waals surface area contributed by atoms with Gasteiger partial charge < -0.3 is 4.90 Å².